The fourth-order valence-electron chi connectivity index (χ4n) is 2.26. The van der Waals surface area contributed by atoms with Gasteiger partial charge in [-0.2, -0.15) is 8.42 Å². The van der Waals surface area contributed by atoms with Crippen molar-refractivity contribution in [3.8, 4) is 0 Å². The van der Waals surface area contributed by atoms with E-state index in [2.05, 4.69) is 0 Å². The fraction of sp³-hybridized carbons (Fsp3) is 0.875. The van der Waals surface area contributed by atoms with Gasteiger partial charge in [0.05, 0.1) is 11.5 Å². The van der Waals surface area contributed by atoms with Crippen LogP contribution < -0.4 is 0 Å². The van der Waals surface area contributed by atoms with Crippen LogP contribution in [0.5, 0.6) is 0 Å². The van der Waals surface area contributed by atoms with E-state index in [4.69, 9.17) is 10.7 Å². The van der Waals surface area contributed by atoms with Crippen molar-refractivity contribution in [1.29, 1.82) is 0 Å². The van der Waals surface area contributed by atoms with E-state index in [0.29, 0.717) is 0 Å². The molecule has 0 aromatic heterocycles. The third kappa shape index (κ3) is 1.52. The Morgan fingerprint density at radius 2 is 1.86 bits per heavy atom. The summed E-state index contributed by atoms with van der Waals surface area (Å²) in [7, 11) is 1.23. The average Bonchev–Trinajstić information content (AvgIpc) is 1.77. The molecule has 1 rings (SSSR count). The molecule has 82 valence electrons. The molecule has 1 aliphatic rings. The lowest BCUT2D eigenvalue weighted by atomic mass is 9.72. The third-order valence-electron chi connectivity index (χ3n) is 2.64. The smallest absolute Gasteiger partial charge is 0.273 e. The number of halogens is 1. The highest BCUT2D eigenvalue weighted by molar-refractivity contribution is 8.12. The van der Waals surface area contributed by atoms with Crippen LogP contribution in [0.2, 0.25) is 0 Å². The molecule has 0 saturated carbocycles. The second-order valence-electron chi connectivity index (χ2n) is 4.42. The minimum absolute atomic E-state index is 0.118. The van der Waals surface area contributed by atoms with Crippen LogP contribution in [0.15, 0.2) is 0 Å². The first kappa shape index (κ1) is 11.8. The Hall–Kier alpha value is -0.290. The van der Waals surface area contributed by atoms with Gasteiger partial charge >= 0.3 is 9.24 Å². The maximum atomic E-state index is 11.5. The molecule has 1 unspecified atom stereocenters. The predicted octanol–water partition coefficient (Wildman–Crippen LogP) is 1.36. The van der Waals surface area contributed by atoms with Crippen molar-refractivity contribution in [3.63, 3.8) is 0 Å². The van der Waals surface area contributed by atoms with Crippen LogP contribution in [0.1, 0.15) is 27.7 Å². The Labute approximate surface area is 88.8 Å². The summed E-state index contributed by atoms with van der Waals surface area (Å²) in [6.45, 7) is 7.20. The number of carbonyl (C=O) groups is 1. The number of amides is 1. The Balaban J connectivity index is 3.05. The molecule has 1 aliphatic heterocycles. The van der Waals surface area contributed by atoms with Gasteiger partial charge in [0.15, 0.2) is 0 Å². The van der Waals surface area contributed by atoms with E-state index in [1.54, 1.807) is 13.8 Å². The normalized spacial score (nSPS) is 26.6. The molecule has 0 bridgehead atoms. The Morgan fingerprint density at radius 1 is 1.43 bits per heavy atom. The first-order chi connectivity index (χ1) is 6.10. The van der Waals surface area contributed by atoms with Crippen LogP contribution in [0.3, 0.4) is 0 Å². The van der Waals surface area contributed by atoms with Crippen LogP contribution in [0.25, 0.3) is 0 Å². The molecule has 1 saturated heterocycles. The fourth-order valence-corrected chi connectivity index (χ4v) is 4.00. The number of hydrogen-bond acceptors (Lipinski definition) is 3. The molecule has 0 N–H and O–H groups in total. The Bertz CT molecular complexity index is 361. The lowest BCUT2D eigenvalue weighted by Crippen LogP contribution is -2.69. The van der Waals surface area contributed by atoms with Gasteiger partial charge < -0.3 is 0 Å². The number of β-lactam (4-membered cyclic amide) rings is 1. The summed E-state index contributed by atoms with van der Waals surface area (Å²) in [6, 6.07) is 0. The molecule has 0 aliphatic carbocycles. The molecule has 0 aromatic rings. The number of carbonyl (C=O) groups excluding carboxylic acids is 1. The molecular formula is C8H14ClNO3S. The third-order valence-corrected chi connectivity index (χ3v) is 4.14. The monoisotopic (exact) mass is 239 g/mol. The van der Waals surface area contributed by atoms with Crippen molar-refractivity contribution in [2.75, 3.05) is 0 Å². The highest BCUT2D eigenvalue weighted by Crippen LogP contribution is 2.44. The lowest BCUT2D eigenvalue weighted by Gasteiger charge is -2.53. The number of rotatable bonds is 2. The summed E-state index contributed by atoms with van der Waals surface area (Å²) >= 11 is 0. The quantitative estimate of drug-likeness (QED) is 0.540. The van der Waals surface area contributed by atoms with Crippen LogP contribution in [-0.2, 0) is 14.0 Å². The van der Waals surface area contributed by atoms with Crippen LogP contribution in [0.4, 0.5) is 0 Å². The summed E-state index contributed by atoms with van der Waals surface area (Å²) < 4.78 is 22.9. The topological polar surface area (TPSA) is 54.5 Å². The van der Waals surface area contributed by atoms with Gasteiger partial charge in [0.1, 0.15) is 0 Å². The summed E-state index contributed by atoms with van der Waals surface area (Å²) in [4.78, 5) is 11.5. The zero-order chi connectivity index (χ0) is 11.3. The zero-order valence-corrected chi connectivity index (χ0v) is 10.2. The van der Waals surface area contributed by atoms with Crippen LogP contribution in [-0.4, -0.2) is 24.2 Å². The number of nitrogens with zero attached hydrogens (tertiary/aromatic N) is 1. The Kier molecular flexibility index (Phi) is 2.61. The van der Waals surface area contributed by atoms with E-state index in [1.807, 2.05) is 13.8 Å². The predicted molar refractivity (Wildman–Crippen MR) is 54.0 cm³/mol. The molecule has 14 heavy (non-hydrogen) atoms. The molecule has 1 heterocycles. The van der Waals surface area contributed by atoms with Crippen LogP contribution >= 0.6 is 10.7 Å². The first-order valence-electron chi connectivity index (χ1n) is 4.39. The van der Waals surface area contributed by atoms with Gasteiger partial charge in [-0.1, -0.05) is 13.8 Å². The summed E-state index contributed by atoms with van der Waals surface area (Å²) in [5, 5.41) is 0. The number of hydrogen-bond donors (Lipinski definition) is 0. The minimum Gasteiger partial charge on any atom is -0.273 e. The molecule has 1 amide bonds. The van der Waals surface area contributed by atoms with Gasteiger partial charge in [-0.05, 0) is 19.8 Å². The molecule has 1 fully saturated rings. The van der Waals surface area contributed by atoms with Gasteiger partial charge in [0.2, 0.25) is 5.91 Å². The summed E-state index contributed by atoms with van der Waals surface area (Å²) in [6.07, 6.45) is 0. The molecule has 0 spiro atoms. The van der Waals surface area contributed by atoms with Crippen LogP contribution in [0, 0.1) is 11.8 Å². The highest BCUT2D eigenvalue weighted by atomic mass is 35.7. The molecule has 0 radical (unpaired) electrons. The van der Waals surface area contributed by atoms with E-state index in [9.17, 15) is 13.2 Å². The van der Waals surface area contributed by atoms with Gasteiger partial charge in [0, 0.05) is 10.7 Å². The largest absolute Gasteiger partial charge is 0.324 e. The SMILES string of the molecule is CC(C)C1C(=O)N(S(=O)(=O)Cl)C1(C)C. The molecule has 4 nitrogen and oxygen atoms in total. The second-order valence-corrected chi connectivity index (χ2v) is 6.78. The van der Waals surface area contributed by atoms with E-state index < -0.39 is 20.7 Å². The molecular weight excluding hydrogens is 226 g/mol. The standard InChI is InChI=1S/C8H14ClNO3S/c1-5(2)6-7(11)10(8(6,3)4)14(9,12)13/h5-6H,1-4H3. The highest BCUT2D eigenvalue weighted by Gasteiger charge is 2.59. The van der Waals surface area contributed by atoms with Crippen molar-refractivity contribution in [1.82, 2.24) is 4.31 Å². The van der Waals surface area contributed by atoms with E-state index >= 15 is 0 Å². The van der Waals surface area contributed by atoms with Crippen molar-refractivity contribution < 1.29 is 13.2 Å². The zero-order valence-electron chi connectivity index (χ0n) is 8.61. The van der Waals surface area contributed by atoms with Crippen molar-refractivity contribution in [2.24, 2.45) is 11.8 Å². The second kappa shape index (κ2) is 3.10. The Morgan fingerprint density at radius 3 is 2.07 bits per heavy atom. The average molecular weight is 240 g/mol. The van der Waals surface area contributed by atoms with E-state index in [1.165, 1.54) is 0 Å². The van der Waals surface area contributed by atoms with Gasteiger partial charge in [-0.15, -0.1) is 0 Å². The van der Waals surface area contributed by atoms with Crippen molar-refractivity contribution in [3.05, 3.63) is 0 Å². The maximum absolute atomic E-state index is 11.5. The maximum Gasteiger partial charge on any atom is 0.324 e. The lowest BCUT2D eigenvalue weighted by molar-refractivity contribution is -0.157. The molecule has 0 aromatic carbocycles. The molecule has 1 atom stereocenters. The van der Waals surface area contributed by atoms with Crippen molar-refractivity contribution >= 4 is 25.8 Å². The van der Waals surface area contributed by atoms with E-state index in [-0.39, 0.29) is 11.8 Å². The summed E-state index contributed by atoms with van der Waals surface area (Å²) in [5.74, 6) is -0.553. The van der Waals surface area contributed by atoms with Gasteiger partial charge in [-0.3, -0.25) is 4.79 Å². The van der Waals surface area contributed by atoms with E-state index in [0.717, 1.165) is 4.31 Å². The first-order valence-corrected chi connectivity index (χ1v) is 6.65. The minimum atomic E-state index is -3.93. The van der Waals surface area contributed by atoms with Crippen molar-refractivity contribution in [2.45, 2.75) is 33.2 Å². The van der Waals surface area contributed by atoms with Gasteiger partial charge in [0.25, 0.3) is 0 Å². The van der Waals surface area contributed by atoms with Gasteiger partial charge in [-0.25, -0.2) is 4.31 Å². The summed E-state index contributed by atoms with van der Waals surface area (Å²) in [5.41, 5.74) is -0.703. The molecule has 6 heteroatoms.